The molecule has 3 heteroatoms. The first-order valence-corrected chi connectivity index (χ1v) is 7.75. The maximum atomic E-state index is 6.00. The lowest BCUT2D eigenvalue weighted by Crippen LogP contribution is -2.25. The summed E-state index contributed by atoms with van der Waals surface area (Å²) >= 11 is 0. The molecule has 0 aliphatic rings. The van der Waals surface area contributed by atoms with Crippen molar-refractivity contribution < 1.29 is 9.47 Å². The molecule has 0 saturated carbocycles. The highest BCUT2D eigenvalue weighted by atomic mass is 16.5. The zero-order valence-electron chi connectivity index (χ0n) is 13.3. The molecule has 0 saturated heterocycles. The highest BCUT2D eigenvalue weighted by molar-refractivity contribution is 5.39. The molecule has 3 nitrogen and oxygen atoms in total. The lowest BCUT2D eigenvalue weighted by atomic mass is 10.2. The van der Waals surface area contributed by atoms with Gasteiger partial charge in [0.2, 0.25) is 0 Å². The Morgan fingerprint density at radius 2 is 1.80 bits per heavy atom. The van der Waals surface area contributed by atoms with Gasteiger partial charge in [0.1, 0.15) is 0 Å². The molecule has 0 aliphatic heterocycles. The van der Waals surface area contributed by atoms with E-state index in [4.69, 9.17) is 9.47 Å². The highest BCUT2D eigenvalue weighted by Crippen LogP contribution is 2.28. The molecule has 1 N–H and O–H groups in total. The Labute approximate surface area is 123 Å². The van der Waals surface area contributed by atoms with E-state index in [-0.39, 0.29) is 6.10 Å². The van der Waals surface area contributed by atoms with Crippen LogP contribution in [0, 0.1) is 0 Å². The molecule has 0 heterocycles. The van der Waals surface area contributed by atoms with Crippen LogP contribution < -0.4 is 14.8 Å². The predicted octanol–water partition coefficient (Wildman–Crippen LogP) is 4.02. The molecule has 0 fully saturated rings. The quantitative estimate of drug-likeness (QED) is 0.656. The number of benzene rings is 1. The van der Waals surface area contributed by atoms with E-state index < -0.39 is 0 Å². The van der Waals surface area contributed by atoms with Gasteiger partial charge in [-0.1, -0.05) is 32.9 Å². The van der Waals surface area contributed by atoms with Crippen LogP contribution in [0.2, 0.25) is 0 Å². The Morgan fingerprint density at radius 3 is 2.45 bits per heavy atom. The van der Waals surface area contributed by atoms with Crippen molar-refractivity contribution in [1.82, 2.24) is 5.32 Å². The lowest BCUT2D eigenvalue weighted by Gasteiger charge is -2.18. The van der Waals surface area contributed by atoms with Gasteiger partial charge in [-0.15, -0.1) is 0 Å². The number of nitrogens with one attached hydrogen (secondary N) is 1. The molecule has 20 heavy (non-hydrogen) atoms. The van der Waals surface area contributed by atoms with Crippen molar-refractivity contribution in [2.24, 2.45) is 0 Å². The fourth-order valence-corrected chi connectivity index (χ4v) is 1.93. The van der Waals surface area contributed by atoms with Gasteiger partial charge in [0.15, 0.2) is 11.5 Å². The number of hydrogen-bond donors (Lipinski definition) is 1. The Morgan fingerprint density at radius 1 is 1.10 bits per heavy atom. The molecule has 1 aromatic rings. The van der Waals surface area contributed by atoms with Crippen LogP contribution in [-0.4, -0.2) is 25.3 Å². The zero-order chi connectivity index (χ0) is 14.8. The van der Waals surface area contributed by atoms with Gasteiger partial charge >= 0.3 is 0 Å². The van der Waals surface area contributed by atoms with Gasteiger partial charge in [-0.2, -0.15) is 0 Å². The monoisotopic (exact) mass is 279 g/mol. The van der Waals surface area contributed by atoms with E-state index in [0.29, 0.717) is 6.04 Å². The molecule has 114 valence electrons. The summed E-state index contributed by atoms with van der Waals surface area (Å²) in [4.78, 5) is 0. The van der Waals surface area contributed by atoms with Crippen molar-refractivity contribution in [2.75, 3.05) is 13.2 Å². The first kappa shape index (κ1) is 16.8. The van der Waals surface area contributed by atoms with Crippen LogP contribution >= 0.6 is 0 Å². The molecule has 1 rings (SSSR count). The van der Waals surface area contributed by atoms with Gasteiger partial charge in [-0.3, -0.25) is 0 Å². The van der Waals surface area contributed by atoms with Crippen LogP contribution in [0.5, 0.6) is 11.5 Å². The lowest BCUT2D eigenvalue weighted by molar-refractivity contribution is 0.193. The maximum Gasteiger partial charge on any atom is 0.161 e. The average Bonchev–Trinajstić information content (AvgIpc) is 2.42. The predicted molar refractivity (Wildman–Crippen MR) is 84.7 cm³/mol. The summed E-state index contributed by atoms with van der Waals surface area (Å²) in [7, 11) is 0. The average molecular weight is 279 g/mol. The number of para-hydroxylation sites is 2. The molecule has 0 radical (unpaired) electrons. The molecule has 0 spiro atoms. The van der Waals surface area contributed by atoms with Crippen molar-refractivity contribution in [3.63, 3.8) is 0 Å². The first-order valence-electron chi connectivity index (χ1n) is 7.75. The second kappa shape index (κ2) is 9.65. The Hall–Kier alpha value is -1.22. The summed E-state index contributed by atoms with van der Waals surface area (Å²) in [6, 6.07) is 8.47. The number of rotatable bonds is 10. The van der Waals surface area contributed by atoms with Gasteiger partial charge in [0.05, 0.1) is 12.7 Å². The van der Waals surface area contributed by atoms with Crippen molar-refractivity contribution in [1.29, 1.82) is 0 Å². The molecule has 0 bridgehead atoms. The Kier molecular flexibility index (Phi) is 8.12. The highest BCUT2D eigenvalue weighted by Gasteiger charge is 2.09. The number of hydrogen-bond acceptors (Lipinski definition) is 3. The summed E-state index contributed by atoms with van der Waals surface area (Å²) in [5.41, 5.74) is 0. The molecule has 0 amide bonds. The van der Waals surface area contributed by atoms with Gasteiger partial charge < -0.3 is 14.8 Å². The first-order chi connectivity index (χ1) is 9.63. The topological polar surface area (TPSA) is 30.5 Å². The minimum atomic E-state index is 0.204. The summed E-state index contributed by atoms with van der Waals surface area (Å²) in [5, 5.41) is 3.42. The summed E-state index contributed by atoms with van der Waals surface area (Å²) in [5.74, 6) is 1.70. The minimum absolute atomic E-state index is 0.204. The molecular formula is C17H29NO2. The van der Waals surface area contributed by atoms with Gasteiger partial charge in [0, 0.05) is 6.04 Å². The van der Waals surface area contributed by atoms with Crippen LogP contribution in [0.1, 0.15) is 47.0 Å². The van der Waals surface area contributed by atoms with Crippen LogP contribution in [0.25, 0.3) is 0 Å². The third-order valence-corrected chi connectivity index (χ3v) is 2.98. The second-order valence-corrected chi connectivity index (χ2v) is 5.47. The smallest absolute Gasteiger partial charge is 0.161 e. The van der Waals surface area contributed by atoms with E-state index in [1.807, 2.05) is 24.3 Å². The molecule has 1 atom stereocenters. The Balaban J connectivity index is 2.38. The van der Waals surface area contributed by atoms with E-state index in [0.717, 1.165) is 43.9 Å². The zero-order valence-corrected chi connectivity index (χ0v) is 13.3. The van der Waals surface area contributed by atoms with Crippen LogP contribution in [0.15, 0.2) is 24.3 Å². The van der Waals surface area contributed by atoms with Gasteiger partial charge in [-0.05, 0) is 44.9 Å². The maximum absolute atomic E-state index is 6.00. The molecule has 1 aromatic carbocycles. The van der Waals surface area contributed by atoms with E-state index in [2.05, 4.69) is 33.0 Å². The third kappa shape index (κ3) is 6.80. The fraction of sp³-hybridized carbons (Fsp3) is 0.647. The minimum Gasteiger partial charge on any atom is -0.490 e. The van der Waals surface area contributed by atoms with Crippen molar-refractivity contribution in [3.8, 4) is 11.5 Å². The second-order valence-electron chi connectivity index (χ2n) is 5.47. The molecule has 1 unspecified atom stereocenters. The third-order valence-electron chi connectivity index (χ3n) is 2.98. The van der Waals surface area contributed by atoms with Crippen molar-refractivity contribution >= 4 is 0 Å². The normalized spacial score (nSPS) is 12.4. The summed E-state index contributed by atoms with van der Waals surface area (Å²) in [6.07, 6.45) is 3.37. The van der Waals surface area contributed by atoms with Crippen LogP contribution in [0.4, 0.5) is 0 Å². The standard InChI is InChI=1S/C17H29NO2/c1-5-13-19-16-10-6-7-11-17(16)20-15(4)9-8-12-18-14(2)3/h6-7,10-11,14-15,18H,5,8-9,12-13H2,1-4H3. The van der Waals surface area contributed by atoms with Gasteiger partial charge in [-0.25, -0.2) is 0 Å². The molecular weight excluding hydrogens is 250 g/mol. The van der Waals surface area contributed by atoms with Crippen molar-refractivity contribution in [2.45, 2.75) is 59.1 Å². The van der Waals surface area contributed by atoms with Crippen molar-refractivity contribution in [3.05, 3.63) is 24.3 Å². The largest absolute Gasteiger partial charge is 0.490 e. The van der Waals surface area contributed by atoms with E-state index in [1.165, 1.54) is 0 Å². The molecule has 0 aliphatic carbocycles. The van der Waals surface area contributed by atoms with E-state index >= 15 is 0 Å². The molecule has 0 aromatic heterocycles. The summed E-state index contributed by atoms with van der Waals surface area (Å²) in [6.45, 7) is 10.3. The van der Waals surface area contributed by atoms with Gasteiger partial charge in [0.25, 0.3) is 0 Å². The van der Waals surface area contributed by atoms with E-state index in [1.54, 1.807) is 0 Å². The SMILES string of the molecule is CCCOc1ccccc1OC(C)CCCNC(C)C. The fourth-order valence-electron chi connectivity index (χ4n) is 1.93. The van der Waals surface area contributed by atoms with E-state index in [9.17, 15) is 0 Å². The number of ether oxygens (including phenoxy) is 2. The van der Waals surface area contributed by atoms with Crippen LogP contribution in [0.3, 0.4) is 0 Å². The van der Waals surface area contributed by atoms with Crippen LogP contribution in [-0.2, 0) is 0 Å². The Bertz CT molecular complexity index is 366. The summed E-state index contributed by atoms with van der Waals surface area (Å²) < 4.78 is 11.7.